The maximum atomic E-state index is 11.8. The zero-order chi connectivity index (χ0) is 13.7. The van der Waals surface area contributed by atoms with Crippen molar-refractivity contribution >= 4 is 33.2 Å². The maximum absolute atomic E-state index is 11.8. The van der Waals surface area contributed by atoms with Gasteiger partial charge in [0, 0.05) is 16.2 Å². The van der Waals surface area contributed by atoms with E-state index >= 15 is 0 Å². The van der Waals surface area contributed by atoms with Gasteiger partial charge < -0.3 is 16.2 Å². The summed E-state index contributed by atoms with van der Waals surface area (Å²) in [7, 11) is 1.79. The van der Waals surface area contributed by atoms with Gasteiger partial charge in [0.15, 0.2) is 0 Å². The quantitative estimate of drug-likeness (QED) is 0.715. The monoisotopic (exact) mass is 315 g/mol. The molecule has 0 radical (unpaired) electrons. The highest BCUT2D eigenvalue weighted by Gasteiger charge is 2.13. The number of rotatable bonds is 5. The van der Waals surface area contributed by atoms with Gasteiger partial charge in [-0.25, -0.2) is 0 Å². The van der Waals surface area contributed by atoms with Crippen LogP contribution < -0.4 is 11.1 Å². The number of benzene rings is 1. The molecule has 1 aromatic carbocycles. The Bertz CT molecular complexity index is 426. The van der Waals surface area contributed by atoms with Crippen molar-refractivity contribution in [2.24, 2.45) is 0 Å². The van der Waals surface area contributed by atoms with Crippen molar-refractivity contribution in [3.8, 4) is 0 Å². The normalized spacial score (nSPS) is 12.5. The van der Waals surface area contributed by atoms with Gasteiger partial charge in [-0.3, -0.25) is 9.69 Å². The van der Waals surface area contributed by atoms with Crippen LogP contribution in [0, 0.1) is 0 Å². The van der Waals surface area contributed by atoms with Crippen LogP contribution in [0.25, 0.3) is 0 Å². The number of nitrogens with zero attached hydrogens (tertiary/aromatic N) is 1. The third-order valence-electron chi connectivity index (χ3n) is 2.68. The molecule has 0 heterocycles. The highest BCUT2D eigenvalue weighted by molar-refractivity contribution is 9.10. The summed E-state index contributed by atoms with van der Waals surface area (Å²) in [6.07, 6.45) is 0. The Morgan fingerprint density at radius 2 is 2.28 bits per heavy atom. The van der Waals surface area contributed by atoms with Gasteiger partial charge in [-0.1, -0.05) is 0 Å². The van der Waals surface area contributed by atoms with Crippen molar-refractivity contribution in [3.05, 3.63) is 22.7 Å². The number of hydrogen-bond donors (Lipinski definition) is 3. The van der Waals surface area contributed by atoms with E-state index in [2.05, 4.69) is 21.2 Å². The molecule has 1 aromatic rings. The number of halogens is 1. The van der Waals surface area contributed by atoms with Crippen LogP contribution in [0.2, 0.25) is 0 Å². The molecule has 4 N–H and O–H groups in total. The molecule has 0 spiro atoms. The lowest BCUT2D eigenvalue weighted by Crippen LogP contribution is -2.38. The summed E-state index contributed by atoms with van der Waals surface area (Å²) in [5.74, 6) is -0.136. The molecule has 0 saturated heterocycles. The molecule has 5 nitrogen and oxygen atoms in total. The average Bonchev–Trinajstić information content (AvgIpc) is 2.31. The van der Waals surface area contributed by atoms with Gasteiger partial charge in [-0.15, -0.1) is 0 Å². The summed E-state index contributed by atoms with van der Waals surface area (Å²) >= 11 is 3.34. The lowest BCUT2D eigenvalue weighted by atomic mass is 10.2. The molecule has 0 aliphatic heterocycles. The summed E-state index contributed by atoms with van der Waals surface area (Å²) in [5.41, 5.74) is 6.93. The number of hydrogen-bond acceptors (Lipinski definition) is 4. The van der Waals surface area contributed by atoms with Crippen molar-refractivity contribution in [2.75, 3.05) is 31.2 Å². The minimum Gasteiger partial charge on any atom is -0.399 e. The topological polar surface area (TPSA) is 78.6 Å². The Morgan fingerprint density at radius 1 is 1.61 bits per heavy atom. The summed E-state index contributed by atoms with van der Waals surface area (Å²) in [6, 6.07) is 5.15. The Morgan fingerprint density at radius 3 is 2.83 bits per heavy atom. The van der Waals surface area contributed by atoms with Crippen LogP contribution >= 0.6 is 15.9 Å². The molecule has 6 heteroatoms. The standard InChI is InChI=1S/C12H18BrN3O2/c1-8(7-17)16(2)6-12(18)15-11-4-3-9(14)5-10(11)13/h3-5,8,17H,6-7,14H2,1-2H3,(H,15,18). The second-order valence-electron chi connectivity index (χ2n) is 4.23. The fourth-order valence-electron chi connectivity index (χ4n) is 1.34. The largest absolute Gasteiger partial charge is 0.399 e. The first-order chi connectivity index (χ1) is 8.43. The third-order valence-corrected chi connectivity index (χ3v) is 3.33. The van der Waals surface area contributed by atoms with E-state index in [9.17, 15) is 4.79 Å². The van der Waals surface area contributed by atoms with E-state index in [1.54, 1.807) is 30.1 Å². The molecule has 0 aliphatic rings. The second-order valence-corrected chi connectivity index (χ2v) is 5.09. The molecule has 18 heavy (non-hydrogen) atoms. The van der Waals surface area contributed by atoms with Crippen molar-refractivity contribution in [1.29, 1.82) is 0 Å². The minimum atomic E-state index is -0.136. The van der Waals surface area contributed by atoms with Crippen LogP contribution in [0.3, 0.4) is 0 Å². The van der Waals surface area contributed by atoms with Gasteiger partial charge in [0.05, 0.1) is 18.8 Å². The number of anilines is 2. The molecule has 1 unspecified atom stereocenters. The van der Waals surface area contributed by atoms with Gasteiger partial charge >= 0.3 is 0 Å². The number of amides is 1. The summed E-state index contributed by atoms with van der Waals surface area (Å²) in [4.78, 5) is 13.6. The van der Waals surface area contributed by atoms with Gasteiger partial charge in [0.25, 0.3) is 0 Å². The molecule has 100 valence electrons. The maximum Gasteiger partial charge on any atom is 0.238 e. The Labute approximate surface area is 115 Å². The summed E-state index contributed by atoms with van der Waals surface area (Å²) in [6.45, 7) is 2.10. The molecule has 0 saturated carbocycles. The highest BCUT2D eigenvalue weighted by Crippen LogP contribution is 2.24. The number of aliphatic hydroxyl groups is 1. The van der Waals surface area contributed by atoms with Gasteiger partial charge in [-0.05, 0) is 48.1 Å². The second kappa shape index (κ2) is 6.72. The number of nitrogen functional groups attached to an aromatic ring is 1. The number of nitrogens with two attached hydrogens (primary N) is 1. The number of likely N-dealkylation sites (N-methyl/N-ethyl adjacent to an activating group) is 1. The van der Waals surface area contributed by atoms with Crippen LogP contribution in [-0.4, -0.2) is 42.2 Å². The number of carbonyl (C=O) groups excluding carboxylic acids is 1. The average molecular weight is 316 g/mol. The number of carbonyl (C=O) groups is 1. The van der Waals surface area contributed by atoms with Crippen molar-refractivity contribution in [2.45, 2.75) is 13.0 Å². The Kier molecular flexibility index (Phi) is 5.58. The van der Waals surface area contributed by atoms with Crippen molar-refractivity contribution in [3.63, 3.8) is 0 Å². The van der Waals surface area contributed by atoms with Crippen molar-refractivity contribution in [1.82, 2.24) is 4.90 Å². The molecule has 0 fully saturated rings. The summed E-state index contributed by atoms with van der Waals surface area (Å²) in [5, 5.41) is 11.8. The number of aliphatic hydroxyl groups excluding tert-OH is 1. The molecule has 1 atom stereocenters. The Hall–Kier alpha value is -1.11. The van der Waals surface area contributed by atoms with Gasteiger partial charge in [0.2, 0.25) is 5.91 Å². The zero-order valence-electron chi connectivity index (χ0n) is 10.5. The van der Waals surface area contributed by atoms with Gasteiger partial charge in [0.1, 0.15) is 0 Å². The lowest BCUT2D eigenvalue weighted by Gasteiger charge is -2.22. The molecular weight excluding hydrogens is 298 g/mol. The predicted octanol–water partition coefficient (Wildman–Crippen LogP) is 1.28. The third kappa shape index (κ3) is 4.29. The molecule has 1 amide bonds. The van der Waals surface area contributed by atoms with E-state index in [1.807, 2.05) is 6.92 Å². The first-order valence-electron chi connectivity index (χ1n) is 5.60. The van der Waals surface area contributed by atoms with E-state index in [0.29, 0.717) is 11.4 Å². The number of nitrogens with one attached hydrogen (secondary N) is 1. The van der Waals surface area contributed by atoms with Crippen LogP contribution in [0.1, 0.15) is 6.92 Å². The predicted molar refractivity (Wildman–Crippen MR) is 76.4 cm³/mol. The van der Waals surface area contributed by atoms with E-state index in [0.717, 1.165) is 4.47 Å². The SMILES string of the molecule is CC(CO)N(C)CC(=O)Nc1ccc(N)cc1Br. The highest BCUT2D eigenvalue weighted by atomic mass is 79.9. The molecule has 0 aromatic heterocycles. The fraction of sp³-hybridized carbons (Fsp3) is 0.417. The van der Waals surface area contributed by atoms with E-state index in [1.165, 1.54) is 0 Å². The molecule has 0 bridgehead atoms. The van der Waals surface area contributed by atoms with Crippen LogP contribution in [0.4, 0.5) is 11.4 Å². The van der Waals surface area contributed by atoms with Crippen LogP contribution in [0.5, 0.6) is 0 Å². The zero-order valence-corrected chi connectivity index (χ0v) is 12.1. The first-order valence-corrected chi connectivity index (χ1v) is 6.39. The fourth-order valence-corrected chi connectivity index (χ4v) is 1.84. The van der Waals surface area contributed by atoms with E-state index in [-0.39, 0.29) is 25.1 Å². The van der Waals surface area contributed by atoms with Crippen LogP contribution in [-0.2, 0) is 4.79 Å². The summed E-state index contributed by atoms with van der Waals surface area (Å²) < 4.78 is 0.744. The molecular formula is C12H18BrN3O2. The van der Waals surface area contributed by atoms with Crippen molar-refractivity contribution < 1.29 is 9.90 Å². The minimum absolute atomic E-state index is 0.0232. The smallest absolute Gasteiger partial charge is 0.238 e. The lowest BCUT2D eigenvalue weighted by molar-refractivity contribution is -0.117. The van der Waals surface area contributed by atoms with Gasteiger partial charge in [-0.2, -0.15) is 0 Å². The van der Waals surface area contributed by atoms with E-state index < -0.39 is 0 Å². The van der Waals surface area contributed by atoms with E-state index in [4.69, 9.17) is 10.8 Å². The molecule has 0 aliphatic carbocycles. The first kappa shape index (κ1) is 14.9. The molecule has 1 rings (SSSR count). The van der Waals surface area contributed by atoms with Crippen LogP contribution in [0.15, 0.2) is 22.7 Å². The Balaban J connectivity index is 2.59.